The summed E-state index contributed by atoms with van der Waals surface area (Å²) in [6.07, 6.45) is 4.25. The van der Waals surface area contributed by atoms with Gasteiger partial charge in [-0.25, -0.2) is 0 Å². The molecular weight excluding hydrogens is 226 g/mol. The molecule has 1 aliphatic carbocycles. The average molecular weight is 249 g/mol. The van der Waals surface area contributed by atoms with Crippen molar-refractivity contribution in [2.24, 2.45) is 0 Å². The molecule has 3 nitrogen and oxygen atoms in total. The van der Waals surface area contributed by atoms with Gasteiger partial charge in [0.25, 0.3) is 0 Å². The zero-order valence-electron chi connectivity index (χ0n) is 11.3. The van der Waals surface area contributed by atoms with Crippen LogP contribution in [0.3, 0.4) is 0 Å². The zero-order chi connectivity index (χ0) is 13.0. The van der Waals surface area contributed by atoms with Crippen molar-refractivity contribution in [1.29, 1.82) is 0 Å². The van der Waals surface area contributed by atoms with Gasteiger partial charge in [0.05, 0.1) is 13.2 Å². The van der Waals surface area contributed by atoms with Crippen LogP contribution in [0.5, 0.6) is 5.75 Å². The Hall–Kier alpha value is -1.06. The number of rotatable bonds is 4. The topological polar surface area (TPSA) is 32.7 Å². The van der Waals surface area contributed by atoms with E-state index < -0.39 is 0 Å². The molecule has 0 radical (unpaired) electrons. The molecule has 0 saturated heterocycles. The van der Waals surface area contributed by atoms with Crippen LogP contribution in [0.25, 0.3) is 0 Å². The number of hydrogen-bond acceptors (Lipinski definition) is 3. The van der Waals surface area contributed by atoms with Crippen molar-refractivity contribution >= 4 is 0 Å². The Morgan fingerprint density at radius 3 is 2.83 bits per heavy atom. The largest absolute Gasteiger partial charge is 0.497 e. The molecule has 0 spiro atoms. The van der Waals surface area contributed by atoms with Crippen LogP contribution in [0.15, 0.2) is 24.3 Å². The first-order valence-electron chi connectivity index (χ1n) is 6.72. The molecule has 0 aromatic heterocycles. The van der Waals surface area contributed by atoms with Crippen LogP contribution < -0.4 is 4.74 Å². The van der Waals surface area contributed by atoms with Crippen molar-refractivity contribution in [2.45, 2.75) is 44.4 Å². The molecule has 0 unspecified atom stereocenters. The molecule has 1 fully saturated rings. The van der Waals surface area contributed by atoms with Gasteiger partial charge in [0.2, 0.25) is 0 Å². The molecule has 0 bridgehead atoms. The Kier molecular flexibility index (Phi) is 4.61. The Morgan fingerprint density at radius 1 is 1.33 bits per heavy atom. The number of aliphatic hydroxyl groups is 1. The molecule has 1 aromatic carbocycles. The molecule has 0 amide bonds. The maximum atomic E-state index is 10.1. The van der Waals surface area contributed by atoms with Crippen LogP contribution in [-0.4, -0.2) is 36.3 Å². The number of methoxy groups -OCH3 is 1. The second-order valence-electron chi connectivity index (χ2n) is 5.19. The molecule has 2 atom stereocenters. The van der Waals surface area contributed by atoms with E-state index in [2.05, 4.69) is 24.1 Å². The lowest BCUT2D eigenvalue weighted by Gasteiger charge is -2.35. The summed E-state index contributed by atoms with van der Waals surface area (Å²) in [7, 11) is 3.78. The minimum Gasteiger partial charge on any atom is -0.497 e. The highest BCUT2D eigenvalue weighted by molar-refractivity contribution is 5.28. The summed E-state index contributed by atoms with van der Waals surface area (Å²) < 4.78 is 5.24. The van der Waals surface area contributed by atoms with Gasteiger partial charge in [0.1, 0.15) is 5.75 Å². The van der Waals surface area contributed by atoms with Gasteiger partial charge in [-0.1, -0.05) is 25.0 Å². The van der Waals surface area contributed by atoms with Gasteiger partial charge in [-0.15, -0.1) is 0 Å². The monoisotopic (exact) mass is 249 g/mol. The number of nitrogens with zero attached hydrogens (tertiary/aromatic N) is 1. The lowest BCUT2D eigenvalue weighted by Crippen LogP contribution is -2.42. The average Bonchev–Trinajstić information content (AvgIpc) is 2.39. The van der Waals surface area contributed by atoms with Crippen LogP contribution >= 0.6 is 0 Å². The molecule has 0 heterocycles. The summed E-state index contributed by atoms with van der Waals surface area (Å²) >= 11 is 0. The zero-order valence-corrected chi connectivity index (χ0v) is 11.3. The lowest BCUT2D eigenvalue weighted by molar-refractivity contribution is 0.0288. The lowest BCUT2D eigenvalue weighted by atomic mass is 9.91. The molecule has 3 heteroatoms. The summed E-state index contributed by atoms with van der Waals surface area (Å²) in [5.74, 6) is 0.894. The second kappa shape index (κ2) is 6.21. The summed E-state index contributed by atoms with van der Waals surface area (Å²) in [5.41, 5.74) is 1.23. The molecule has 18 heavy (non-hydrogen) atoms. The maximum Gasteiger partial charge on any atom is 0.119 e. The van der Waals surface area contributed by atoms with Crippen molar-refractivity contribution < 1.29 is 9.84 Å². The van der Waals surface area contributed by atoms with Crippen molar-refractivity contribution in [3.8, 4) is 5.75 Å². The quantitative estimate of drug-likeness (QED) is 0.889. The SMILES string of the molecule is COc1cccc(CN(C)[C@H]2CCCC[C@@H]2O)c1. The van der Waals surface area contributed by atoms with Gasteiger partial charge < -0.3 is 9.84 Å². The van der Waals surface area contributed by atoms with Crippen LogP contribution in [-0.2, 0) is 6.54 Å². The van der Waals surface area contributed by atoms with E-state index in [0.29, 0.717) is 6.04 Å². The fourth-order valence-corrected chi connectivity index (χ4v) is 2.78. The van der Waals surface area contributed by atoms with Crippen LogP contribution in [0, 0.1) is 0 Å². The number of aliphatic hydroxyl groups excluding tert-OH is 1. The smallest absolute Gasteiger partial charge is 0.119 e. The first-order chi connectivity index (χ1) is 8.70. The van der Waals surface area contributed by atoms with E-state index in [1.165, 1.54) is 12.0 Å². The third-order valence-corrected chi connectivity index (χ3v) is 3.83. The molecule has 1 N–H and O–H groups in total. The van der Waals surface area contributed by atoms with E-state index in [-0.39, 0.29) is 6.10 Å². The van der Waals surface area contributed by atoms with E-state index >= 15 is 0 Å². The van der Waals surface area contributed by atoms with Crippen LogP contribution in [0.4, 0.5) is 0 Å². The number of hydrogen-bond donors (Lipinski definition) is 1. The molecule has 100 valence electrons. The van der Waals surface area contributed by atoms with Gasteiger partial charge in [-0.2, -0.15) is 0 Å². The highest BCUT2D eigenvalue weighted by Crippen LogP contribution is 2.24. The van der Waals surface area contributed by atoms with Crippen molar-refractivity contribution in [3.63, 3.8) is 0 Å². The van der Waals surface area contributed by atoms with Crippen LogP contribution in [0.2, 0.25) is 0 Å². The number of benzene rings is 1. The predicted molar refractivity (Wildman–Crippen MR) is 72.7 cm³/mol. The van der Waals surface area contributed by atoms with Gasteiger partial charge in [0.15, 0.2) is 0 Å². The van der Waals surface area contributed by atoms with E-state index in [9.17, 15) is 5.11 Å². The third-order valence-electron chi connectivity index (χ3n) is 3.83. The Balaban J connectivity index is 1.98. The summed E-state index contributed by atoms with van der Waals surface area (Å²) in [5, 5.41) is 10.1. The normalized spacial score (nSPS) is 24.2. The fourth-order valence-electron chi connectivity index (χ4n) is 2.78. The van der Waals surface area contributed by atoms with Crippen LogP contribution in [0.1, 0.15) is 31.2 Å². The van der Waals surface area contributed by atoms with Crippen molar-refractivity contribution in [2.75, 3.05) is 14.2 Å². The summed E-state index contributed by atoms with van der Waals surface area (Å²) in [6, 6.07) is 8.43. The number of ether oxygens (including phenoxy) is 1. The molecular formula is C15H23NO2. The van der Waals surface area contributed by atoms with Crippen molar-refractivity contribution in [1.82, 2.24) is 4.90 Å². The molecule has 0 aliphatic heterocycles. The molecule has 2 rings (SSSR count). The standard InChI is InChI=1S/C15H23NO2/c1-16(14-8-3-4-9-15(14)17)11-12-6-5-7-13(10-12)18-2/h5-7,10,14-15,17H,3-4,8-9,11H2,1-2H3/t14-,15-/m0/s1. The molecule has 1 aromatic rings. The van der Waals surface area contributed by atoms with E-state index in [1.807, 2.05) is 12.1 Å². The summed E-state index contributed by atoms with van der Waals surface area (Å²) in [4.78, 5) is 2.26. The molecule has 1 saturated carbocycles. The van der Waals surface area contributed by atoms with E-state index in [1.54, 1.807) is 7.11 Å². The number of likely N-dealkylation sites (N-methyl/N-ethyl adjacent to an activating group) is 1. The molecule has 1 aliphatic rings. The minimum absolute atomic E-state index is 0.172. The highest BCUT2D eigenvalue weighted by Gasteiger charge is 2.26. The van der Waals surface area contributed by atoms with E-state index in [4.69, 9.17) is 4.74 Å². The Bertz CT molecular complexity index is 381. The first kappa shape index (κ1) is 13.4. The Labute approximate surface area is 109 Å². The van der Waals surface area contributed by atoms with Gasteiger partial charge >= 0.3 is 0 Å². The highest BCUT2D eigenvalue weighted by atomic mass is 16.5. The van der Waals surface area contributed by atoms with Gasteiger partial charge in [-0.05, 0) is 37.6 Å². The van der Waals surface area contributed by atoms with Crippen molar-refractivity contribution in [3.05, 3.63) is 29.8 Å². The second-order valence-corrected chi connectivity index (χ2v) is 5.19. The third kappa shape index (κ3) is 3.24. The maximum absolute atomic E-state index is 10.1. The summed E-state index contributed by atoms with van der Waals surface area (Å²) in [6.45, 7) is 0.860. The fraction of sp³-hybridized carbons (Fsp3) is 0.600. The minimum atomic E-state index is -0.172. The van der Waals surface area contributed by atoms with Gasteiger partial charge in [-0.3, -0.25) is 4.90 Å². The first-order valence-corrected chi connectivity index (χ1v) is 6.72. The predicted octanol–water partition coefficient (Wildman–Crippen LogP) is 2.43. The van der Waals surface area contributed by atoms with Gasteiger partial charge in [0, 0.05) is 12.6 Å². The Morgan fingerprint density at radius 2 is 2.11 bits per heavy atom. The van der Waals surface area contributed by atoms with E-state index in [0.717, 1.165) is 31.6 Å².